The van der Waals surface area contributed by atoms with E-state index in [9.17, 15) is 0 Å². The lowest BCUT2D eigenvalue weighted by Gasteiger charge is -2.23. The van der Waals surface area contributed by atoms with Crippen molar-refractivity contribution in [3.05, 3.63) is 64.1 Å². The number of benzene rings is 2. The van der Waals surface area contributed by atoms with Crippen LogP contribution in [0.1, 0.15) is 17.5 Å². The van der Waals surface area contributed by atoms with Crippen LogP contribution < -0.4 is 10.5 Å². The third-order valence-electron chi connectivity index (χ3n) is 3.87. The van der Waals surface area contributed by atoms with Gasteiger partial charge >= 0.3 is 0 Å². The summed E-state index contributed by atoms with van der Waals surface area (Å²) in [7, 11) is 0. The molecule has 0 atom stereocenters. The monoisotopic (exact) mass is 331 g/mol. The second-order valence-corrected chi connectivity index (χ2v) is 6.46. The van der Waals surface area contributed by atoms with Crippen molar-refractivity contribution in [3.8, 4) is 5.75 Å². The van der Waals surface area contributed by atoms with Crippen LogP contribution in [0.3, 0.4) is 0 Å². The molecule has 0 amide bonds. The van der Waals surface area contributed by atoms with Crippen molar-refractivity contribution in [3.63, 3.8) is 0 Å². The van der Waals surface area contributed by atoms with Crippen molar-refractivity contribution in [1.82, 2.24) is 0 Å². The third kappa shape index (κ3) is 3.05. The van der Waals surface area contributed by atoms with Crippen LogP contribution in [0.15, 0.2) is 53.0 Å². The summed E-state index contributed by atoms with van der Waals surface area (Å²) in [4.78, 5) is 0. The van der Waals surface area contributed by atoms with E-state index >= 15 is 0 Å². The Kier molecular flexibility index (Phi) is 3.81. The largest absolute Gasteiger partial charge is 0.493 e. The molecule has 104 valence electrons. The highest BCUT2D eigenvalue weighted by atomic mass is 79.9. The molecule has 2 aromatic carbocycles. The van der Waals surface area contributed by atoms with Gasteiger partial charge in [0, 0.05) is 16.4 Å². The fourth-order valence-corrected chi connectivity index (χ4v) is 3.21. The fraction of sp³-hybridized carbons (Fsp3) is 0.294. The Morgan fingerprint density at radius 3 is 2.40 bits per heavy atom. The molecule has 2 aromatic rings. The molecule has 1 aliphatic rings. The molecule has 0 saturated carbocycles. The summed E-state index contributed by atoms with van der Waals surface area (Å²) in [5, 5.41) is 0. The average Bonchev–Trinajstić information content (AvgIpc) is 2.75. The zero-order valence-electron chi connectivity index (χ0n) is 11.3. The van der Waals surface area contributed by atoms with E-state index in [-0.39, 0.29) is 5.54 Å². The summed E-state index contributed by atoms with van der Waals surface area (Å²) in [6, 6.07) is 16.4. The summed E-state index contributed by atoms with van der Waals surface area (Å²) in [6.07, 6.45) is 2.77. The molecule has 2 N–H and O–H groups in total. The topological polar surface area (TPSA) is 35.2 Å². The summed E-state index contributed by atoms with van der Waals surface area (Å²) < 4.78 is 6.84. The Labute approximate surface area is 128 Å². The Morgan fingerprint density at radius 1 is 1.05 bits per heavy atom. The van der Waals surface area contributed by atoms with Crippen molar-refractivity contribution in [2.45, 2.75) is 24.8 Å². The molecule has 0 heterocycles. The molecule has 0 aromatic heterocycles. The van der Waals surface area contributed by atoms with Gasteiger partial charge in [-0.3, -0.25) is 0 Å². The maximum Gasteiger partial charge on any atom is 0.120 e. The first-order valence-corrected chi connectivity index (χ1v) is 7.68. The van der Waals surface area contributed by atoms with E-state index in [1.54, 1.807) is 0 Å². The lowest BCUT2D eigenvalue weighted by Crippen LogP contribution is -2.42. The first kappa shape index (κ1) is 13.7. The summed E-state index contributed by atoms with van der Waals surface area (Å²) in [6.45, 7) is 0.654. The van der Waals surface area contributed by atoms with Gasteiger partial charge in [0.1, 0.15) is 5.75 Å². The number of halogens is 1. The molecule has 2 nitrogen and oxygen atoms in total. The molecule has 0 saturated heterocycles. The number of hydrogen-bond donors (Lipinski definition) is 1. The molecule has 0 spiro atoms. The first-order valence-electron chi connectivity index (χ1n) is 6.89. The van der Waals surface area contributed by atoms with Gasteiger partial charge in [-0.05, 0) is 42.2 Å². The highest BCUT2D eigenvalue weighted by Gasteiger charge is 2.32. The second-order valence-electron chi connectivity index (χ2n) is 5.54. The number of nitrogens with two attached hydrogens (primary N) is 1. The molecule has 3 heteroatoms. The lowest BCUT2D eigenvalue weighted by molar-refractivity contribution is 0.260. The van der Waals surface area contributed by atoms with Gasteiger partial charge in [0.05, 0.1) is 6.61 Å². The van der Waals surface area contributed by atoms with Crippen molar-refractivity contribution in [2.24, 2.45) is 5.73 Å². The van der Waals surface area contributed by atoms with Crippen molar-refractivity contribution < 1.29 is 4.74 Å². The van der Waals surface area contributed by atoms with Gasteiger partial charge in [0.2, 0.25) is 0 Å². The summed E-state index contributed by atoms with van der Waals surface area (Å²) >= 11 is 3.45. The van der Waals surface area contributed by atoms with Crippen LogP contribution in [-0.4, -0.2) is 12.1 Å². The Bertz CT molecular complexity index is 586. The third-order valence-corrected chi connectivity index (χ3v) is 4.36. The van der Waals surface area contributed by atoms with Crippen LogP contribution in [0.2, 0.25) is 0 Å². The van der Waals surface area contributed by atoms with Crippen LogP contribution in [0.25, 0.3) is 0 Å². The highest BCUT2D eigenvalue weighted by Crippen LogP contribution is 2.30. The van der Waals surface area contributed by atoms with Crippen molar-refractivity contribution in [1.29, 1.82) is 0 Å². The SMILES string of the molecule is NC1(CCOc2cccc(Br)c2)Cc2ccccc2C1. The van der Waals surface area contributed by atoms with Crippen LogP contribution in [-0.2, 0) is 12.8 Å². The van der Waals surface area contributed by atoms with E-state index in [0.29, 0.717) is 6.61 Å². The van der Waals surface area contributed by atoms with Gasteiger partial charge in [-0.15, -0.1) is 0 Å². The molecule has 0 unspecified atom stereocenters. The molecular formula is C17H18BrNO. The van der Waals surface area contributed by atoms with Crippen molar-refractivity contribution in [2.75, 3.05) is 6.61 Å². The van der Waals surface area contributed by atoms with Gasteiger partial charge in [0.25, 0.3) is 0 Å². The van der Waals surface area contributed by atoms with Gasteiger partial charge in [-0.1, -0.05) is 46.3 Å². The van der Waals surface area contributed by atoms with Gasteiger partial charge in [-0.2, -0.15) is 0 Å². The van der Waals surface area contributed by atoms with E-state index in [2.05, 4.69) is 40.2 Å². The van der Waals surface area contributed by atoms with Crippen LogP contribution in [0, 0.1) is 0 Å². The van der Waals surface area contributed by atoms with E-state index in [4.69, 9.17) is 10.5 Å². The minimum Gasteiger partial charge on any atom is -0.493 e. The number of hydrogen-bond acceptors (Lipinski definition) is 2. The predicted molar refractivity (Wildman–Crippen MR) is 85.0 cm³/mol. The smallest absolute Gasteiger partial charge is 0.120 e. The Hall–Kier alpha value is -1.32. The van der Waals surface area contributed by atoms with E-state index in [1.807, 2.05) is 24.3 Å². The predicted octanol–water partition coefficient (Wildman–Crippen LogP) is 3.71. The molecule has 1 aliphatic carbocycles. The normalized spacial score (nSPS) is 15.9. The van der Waals surface area contributed by atoms with Gasteiger partial charge < -0.3 is 10.5 Å². The van der Waals surface area contributed by atoms with E-state index in [1.165, 1.54) is 11.1 Å². The Morgan fingerprint density at radius 2 is 1.75 bits per heavy atom. The van der Waals surface area contributed by atoms with Crippen LogP contribution in [0.4, 0.5) is 0 Å². The fourth-order valence-electron chi connectivity index (χ4n) is 2.83. The quantitative estimate of drug-likeness (QED) is 0.926. The molecule has 0 fully saturated rings. The standard InChI is InChI=1S/C17H18BrNO/c18-15-6-3-7-16(10-15)20-9-8-17(19)11-13-4-1-2-5-14(13)12-17/h1-7,10H,8-9,11-12,19H2. The molecule has 0 radical (unpaired) electrons. The number of fused-ring (bicyclic) bond motifs is 1. The maximum absolute atomic E-state index is 6.51. The Balaban J connectivity index is 1.57. The van der Waals surface area contributed by atoms with Gasteiger partial charge in [0.15, 0.2) is 0 Å². The molecule has 3 rings (SSSR count). The minimum atomic E-state index is -0.157. The molecular weight excluding hydrogens is 314 g/mol. The molecule has 0 aliphatic heterocycles. The average molecular weight is 332 g/mol. The van der Waals surface area contributed by atoms with E-state index in [0.717, 1.165) is 29.5 Å². The minimum absolute atomic E-state index is 0.157. The zero-order chi connectivity index (χ0) is 14.0. The maximum atomic E-state index is 6.51. The summed E-state index contributed by atoms with van der Waals surface area (Å²) in [5.74, 6) is 0.887. The zero-order valence-corrected chi connectivity index (χ0v) is 12.9. The number of rotatable bonds is 4. The molecule has 0 bridgehead atoms. The number of ether oxygens (including phenoxy) is 1. The van der Waals surface area contributed by atoms with Gasteiger partial charge in [-0.25, -0.2) is 0 Å². The second kappa shape index (κ2) is 5.58. The van der Waals surface area contributed by atoms with Crippen LogP contribution in [0.5, 0.6) is 5.75 Å². The highest BCUT2D eigenvalue weighted by molar-refractivity contribution is 9.10. The lowest BCUT2D eigenvalue weighted by atomic mass is 9.93. The first-order chi connectivity index (χ1) is 9.65. The van der Waals surface area contributed by atoms with Crippen molar-refractivity contribution >= 4 is 15.9 Å². The van der Waals surface area contributed by atoms with E-state index < -0.39 is 0 Å². The molecule has 20 heavy (non-hydrogen) atoms. The van der Waals surface area contributed by atoms with Crippen LogP contribution >= 0.6 is 15.9 Å². The summed E-state index contributed by atoms with van der Waals surface area (Å²) in [5.41, 5.74) is 9.13.